The average Bonchev–Trinajstić information content (AvgIpc) is 2.80. The van der Waals surface area contributed by atoms with Crippen LogP contribution in [-0.2, 0) is 6.54 Å². The van der Waals surface area contributed by atoms with Crippen LogP contribution >= 0.6 is 0 Å². The number of pyridine rings is 1. The van der Waals surface area contributed by atoms with E-state index in [-0.39, 0.29) is 11.6 Å². The van der Waals surface area contributed by atoms with Gasteiger partial charge in [-0.2, -0.15) is 0 Å². The van der Waals surface area contributed by atoms with Gasteiger partial charge in [-0.25, -0.2) is 9.97 Å². The summed E-state index contributed by atoms with van der Waals surface area (Å²) in [5.41, 5.74) is 1.71. The molecule has 0 atom stereocenters. The minimum Gasteiger partial charge on any atom is -0.455 e. The quantitative estimate of drug-likeness (QED) is 0.482. The number of para-hydroxylation sites is 3. The lowest BCUT2D eigenvalue weighted by Crippen LogP contribution is -2.24. The number of ether oxygens (including phenoxy) is 1. The number of benzene rings is 2. The molecule has 0 unspecified atom stereocenters. The normalized spacial score (nSPS) is 10.3. The van der Waals surface area contributed by atoms with Crippen LogP contribution < -0.4 is 15.4 Å². The van der Waals surface area contributed by atoms with Gasteiger partial charge in [0.15, 0.2) is 5.75 Å². The van der Waals surface area contributed by atoms with E-state index in [1.54, 1.807) is 12.3 Å². The maximum absolute atomic E-state index is 12.4. The van der Waals surface area contributed by atoms with Crippen molar-refractivity contribution in [3.63, 3.8) is 0 Å². The maximum atomic E-state index is 12.4. The highest BCUT2D eigenvalue weighted by atomic mass is 16.5. The van der Waals surface area contributed by atoms with E-state index in [9.17, 15) is 4.79 Å². The monoisotopic (exact) mass is 397 g/mol. The van der Waals surface area contributed by atoms with Crippen LogP contribution in [0.5, 0.6) is 11.5 Å². The number of hydrogen-bond donors (Lipinski definition) is 2. The van der Waals surface area contributed by atoms with Gasteiger partial charge in [0, 0.05) is 12.4 Å². The molecule has 0 bridgehead atoms. The number of amides is 1. The molecule has 30 heavy (non-hydrogen) atoms. The van der Waals surface area contributed by atoms with Crippen molar-refractivity contribution in [2.45, 2.75) is 6.54 Å². The van der Waals surface area contributed by atoms with Crippen LogP contribution in [0.25, 0.3) is 0 Å². The summed E-state index contributed by atoms with van der Waals surface area (Å²) in [4.78, 5) is 25.2. The molecular weight excluding hydrogens is 378 g/mol. The standard InChI is InChI=1S/C23H19N5O2/c29-22(26-16-17-8-6-7-14-24-17)20-13-15-25-23(28-20)27-19-11-4-5-12-21(19)30-18-9-2-1-3-10-18/h1-15H,16H2,(H,26,29)(H,25,27,28). The van der Waals surface area contributed by atoms with Crippen LogP contribution in [0.4, 0.5) is 11.6 Å². The third-order valence-electron chi connectivity index (χ3n) is 4.15. The molecule has 0 aliphatic rings. The molecule has 2 heterocycles. The van der Waals surface area contributed by atoms with E-state index < -0.39 is 0 Å². The molecule has 7 heteroatoms. The molecule has 0 saturated carbocycles. The second-order valence-corrected chi connectivity index (χ2v) is 6.31. The van der Waals surface area contributed by atoms with E-state index in [0.717, 1.165) is 11.4 Å². The summed E-state index contributed by atoms with van der Waals surface area (Å²) in [6, 6.07) is 24.0. The predicted octanol–water partition coefficient (Wildman–Crippen LogP) is 4.34. The van der Waals surface area contributed by atoms with Crippen molar-refractivity contribution >= 4 is 17.5 Å². The fraction of sp³-hybridized carbons (Fsp3) is 0.0435. The highest BCUT2D eigenvalue weighted by Gasteiger charge is 2.11. The second-order valence-electron chi connectivity index (χ2n) is 6.31. The van der Waals surface area contributed by atoms with Crippen LogP contribution in [0.15, 0.2) is 91.3 Å². The maximum Gasteiger partial charge on any atom is 0.270 e. The minimum absolute atomic E-state index is 0.255. The Kier molecular flexibility index (Phi) is 5.91. The van der Waals surface area contributed by atoms with E-state index >= 15 is 0 Å². The lowest BCUT2D eigenvalue weighted by molar-refractivity contribution is 0.0945. The van der Waals surface area contributed by atoms with Gasteiger partial charge in [0.05, 0.1) is 17.9 Å². The first-order valence-electron chi connectivity index (χ1n) is 9.38. The van der Waals surface area contributed by atoms with Crippen molar-refractivity contribution in [1.82, 2.24) is 20.3 Å². The van der Waals surface area contributed by atoms with Crippen molar-refractivity contribution < 1.29 is 9.53 Å². The number of rotatable bonds is 7. The number of carbonyl (C=O) groups is 1. The summed E-state index contributed by atoms with van der Waals surface area (Å²) in [5, 5.41) is 5.93. The number of nitrogens with zero attached hydrogens (tertiary/aromatic N) is 3. The zero-order valence-corrected chi connectivity index (χ0v) is 16.0. The molecule has 4 rings (SSSR count). The van der Waals surface area contributed by atoms with Crippen LogP contribution in [-0.4, -0.2) is 20.9 Å². The Morgan fingerprint density at radius 2 is 1.63 bits per heavy atom. The Bertz CT molecular complexity index is 1120. The Labute approximate surface area is 173 Å². The van der Waals surface area contributed by atoms with Gasteiger partial charge in [-0.1, -0.05) is 36.4 Å². The Morgan fingerprint density at radius 3 is 2.47 bits per heavy atom. The number of hydrogen-bond acceptors (Lipinski definition) is 6. The molecular formula is C23H19N5O2. The fourth-order valence-corrected chi connectivity index (χ4v) is 2.70. The van der Waals surface area contributed by atoms with Gasteiger partial charge in [-0.15, -0.1) is 0 Å². The molecule has 2 N–H and O–H groups in total. The van der Waals surface area contributed by atoms with Gasteiger partial charge in [-0.3, -0.25) is 9.78 Å². The van der Waals surface area contributed by atoms with E-state index in [2.05, 4.69) is 25.6 Å². The molecule has 2 aromatic carbocycles. The van der Waals surface area contributed by atoms with Crippen molar-refractivity contribution in [3.8, 4) is 11.5 Å². The molecule has 0 fully saturated rings. The Morgan fingerprint density at radius 1 is 0.833 bits per heavy atom. The van der Waals surface area contributed by atoms with Gasteiger partial charge in [-0.05, 0) is 42.5 Å². The van der Waals surface area contributed by atoms with Gasteiger partial charge in [0.1, 0.15) is 11.4 Å². The highest BCUT2D eigenvalue weighted by molar-refractivity contribution is 5.92. The van der Waals surface area contributed by atoms with Crippen LogP contribution in [0.2, 0.25) is 0 Å². The first kappa shape index (κ1) is 19.1. The predicted molar refractivity (Wildman–Crippen MR) is 114 cm³/mol. The topological polar surface area (TPSA) is 89.0 Å². The number of carbonyl (C=O) groups excluding carboxylic acids is 1. The smallest absolute Gasteiger partial charge is 0.270 e. The van der Waals surface area contributed by atoms with Crippen molar-refractivity contribution in [3.05, 3.63) is 103 Å². The highest BCUT2D eigenvalue weighted by Crippen LogP contribution is 2.30. The molecule has 7 nitrogen and oxygen atoms in total. The molecule has 0 aliphatic heterocycles. The van der Waals surface area contributed by atoms with Gasteiger partial charge < -0.3 is 15.4 Å². The zero-order chi connectivity index (χ0) is 20.6. The first-order chi connectivity index (χ1) is 14.8. The van der Waals surface area contributed by atoms with Gasteiger partial charge >= 0.3 is 0 Å². The van der Waals surface area contributed by atoms with E-state index in [0.29, 0.717) is 23.9 Å². The summed E-state index contributed by atoms with van der Waals surface area (Å²) in [5.74, 6) is 1.33. The summed E-state index contributed by atoms with van der Waals surface area (Å²) in [6.07, 6.45) is 3.22. The lowest BCUT2D eigenvalue weighted by atomic mass is 10.3. The average molecular weight is 397 g/mol. The largest absolute Gasteiger partial charge is 0.455 e. The molecule has 4 aromatic rings. The van der Waals surface area contributed by atoms with Crippen LogP contribution in [0, 0.1) is 0 Å². The number of nitrogens with one attached hydrogen (secondary N) is 2. The SMILES string of the molecule is O=C(NCc1ccccn1)c1ccnc(Nc2ccccc2Oc2ccccc2)n1. The minimum atomic E-state index is -0.306. The second kappa shape index (κ2) is 9.29. The summed E-state index contributed by atoms with van der Waals surface area (Å²) in [7, 11) is 0. The molecule has 148 valence electrons. The zero-order valence-electron chi connectivity index (χ0n) is 16.0. The fourth-order valence-electron chi connectivity index (χ4n) is 2.70. The number of anilines is 2. The van der Waals surface area contributed by atoms with Gasteiger partial charge in [0.2, 0.25) is 5.95 Å². The third kappa shape index (κ3) is 4.96. The third-order valence-corrected chi connectivity index (χ3v) is 4.15. The van der Waals surface area contributed by atoms with Crippen LogP contribution in [0.3, 0.4) is 0 Å². The molecule has 0 radical (unpaired) electrons. The molecule has 0 aliphatic carbocycles. The van der Waals surface area contributed by atoms with E-state index in [1.807, 2.05) is 72.8 Å². The van der Waals surface area contributed by atoms with E-state index in [1.165, 1.54) is 6.20 Å². The van der Waals surface area contributed by atoms with Crippen LogP contribution in [0.1, 0.15) is 16.2 Å². The number of aromatic nitrogens is 3. The molecule has 0 saturated heterocycles. The summed E-state index contributed by atoms with van der Waals surface area (Å²) >= 11 is 0. The first-order valence-corrected chi connectivity index (χ1v) is 9.38. The van der Waals surface area contributed by atoms with E-state index in [4.69, 9.17) is 4.74 Å². The van der Waals surface area contributed by atoms with Gasteiger partial charge in [0.25, 0.3) is 5.91 Å². The summed E-state index contributed by atoms with van der Waals surface area (Å²) < 4.78 is 5.94. The van der Waals surface area contributed by atoms with Crippen molar-refractivity contribution in [2.75, 3.05) is 5.32 Å². The molecule has 0 spiro atoms. The molecule has 1 amide bonds. The summed E-state index contributed by atoms with van der Waals surface area (Å²) in [6.45, 7) is 0.320. The van der Waals surface area contributed by atoms with Crippen molar-refractivity contribution in [1.29, 1.82) is 0 Å². The van der Waals surface area contributed by atoms with Crippen molar-refractivity contribution in [2.24, 2.45) is 0 Å². The molecule has 2 aromatic heterocycles. The lowest BCUT2D eigenvalue weighted by Gasteiger charge is -2.12. The Hall–Kier alpha value is -4.26. The Balaban J connectivity index is 1.46.